The van der Waals surface area contributed by atoms with Crippen molar-refractivity contribution in [1.82, 2.24) is 14.1 Å². The van der Waals surface area contributed by atoms with Crippen molar-refractivity contribution >= 4 is 21.7 Å². The van der Waals surface area contributed by atoms with Crippen LogP contribution in [0.25, 0.3) is 0 Å². The van der Waals surface area contributed by atoms with E-state index in [0.717, 1.165) is 35.6 Å². The monoisotopic (exact) mass is 376 g/mol. The van der Waals surface area contributed by atoms with Gasteiger partial charge in [0.1, 0.15) is 5.82 Å². The molecule has 0 saturated heterocycles. The number of carbonyl (C=O) groups is 1. The summed E-state index contributed by atoms with van der Waals surface area (Å²) in [5.74, 6) is 0.228. The highest BCUT2D eigenvalue weighted by Gasteiger charge is 2.24. The molecular formula is C18H24N4O3S. The molecule has 0 radical (unpaired) electrons. The van der Waals surface area contributed by atoms with Gasteiger partial charge in [0.05, 0.1) is 23.7 Å². The summed E-state index contributed by atoms with van der Waals surface area (Å²) in [6, 6.07) is 8.61. The molecule has 140 valence electrons. The summed E-state index contributed by atoms with van der Waals surface area (Å²) in [7, 11) is -2.30. The Bertz CT molecular complexity index is 868. The molecule has 1 N–H and O–H groups in total. The summed E-state index contributed by atoms with van der Waals surface area (Å²) in [6.07, 6.45) is 6.07. The second-order valence-electron chi connectivity index (χ2n) is 6.72. The molecule has 1 fully saturated rings. The maximum absolute atomic E-state index is 12.6. The van der Waals surface area contributed by atoms with Crippen LogP contribution in [0.1, 0.15) is 37.3 Å². The summed E-state index contributed by atoms with van der Waals surface area (Å²) >= 11 is 0. The molecule has 2 aromatic rings. The van der Waals surface area contributed by atoms with E-state index in [9.17, 15) is 13.2 Å². The summed E-state index contributed by atoms with van der Waals surface area (Å²) in [6.45, 7) is 1.63. The quantitative estimate of drug-likeness (QED) is 0.840. The second-order valence-corrected chi connectivity index (χ2v) is 8.77. The summed E-state index contributed by atoms with van der Waals surface area (Å²) in [4.78, 5) is 12.5. The average Bonchev–Trinajstić information content (AvgIpc) is 3.26. The van der Waals surface area contributed by atoms with E-state index in [1.54, 1.807) is 36.5 Å². The van der Waals surface area contributed by atoms with E-state index in [1.807, 2.05) is 11.6 Å². The Labute approximate surface area is 154 Å². The van der Waals surface area contributed by atoms with E-state index in [1.165, 1.54) is 7.05 Å². The summed E-state index contributed by atoms with van der Waals surface area (Å²) < 4.78 is 28.1. The van der Waals surface area contributed by atoms with Crippen molar-refractivity contribution in [2.45, 2.75) is 43.5 Å². The maximum atomic E-state index is 12.6. The molecule has 0 unspecified atom stereocenters. The highest BCUT2D eigenvalue weighted by molar-refractivity contribution is 7.89. The van der Waals surface area contributed by atoms with Crippen LogP contribution in [0.4, 0.5) is 5.82 Å². The zero-order chi connectivity index (χ0) is 18.7. The van der Waals surface area contributed by atoms with Gasteiger partial charge in [-0.3, -0.25) is 4.79 Å². The molecule has 0 bridgehead atoms. The molecule has 26 heavy (non-hydrogen) atoms. The molecule has 1 aromatic carbocycles. The zero-order valence-electron chi connectivity index (χ0n) is 15.1. The van der Waals surface area contributed by atoms with Crippen LogP contribution in [0.2, 0.25) is 0 Å². The number of nitrogens with one attached hydrogen (secondary N) is 1. The van der Waals surface area contributed by atoms with E-state index in [4.69, 9.17) is 0 Å². The van der Waals surface area contributed by atoms with Crippen molar-refractivity contribution < 1.29 is 13.2 Å². The van der Waals surface area contributed by atoms with Crippen LogP contribution in [0.3, 0.4) is 0 Å². The van der Waals surface area contributed by atoms with Gasteiger partial charge in [-0.05, 0) is 31.9 Å². The third-order valence-corrected chi connectivity index (χ3v) is 6.52. The fourth-order valence-electron chi connectivity index (χ4n) is 3.21. The fraction of sp³-hybridized carbons (Fsp3) is 0.444. The molecule has 8 heteroatoms. The van der Waals surface area contributed by atoms with Gasteiger partial charge in [0.2, 0.25) is 15.9 Å². The van der Waals surface area contributed by atoms with Gasteiger partial charge < -0.3 is 5.32 Å². The SMILES string of the molecule is Cc1ccc(S(=O)(=O)N(C)CC(=O)Nc2ccnn2C2CCCC2)cc1. The van der Waals surface area contributed by atoms with Crippen molar-refractivity contribution in [2.75, 3.05) is 18.9 Å². The molecule has 1 aliphatic carbocycles. The third-order valence-electron chi connectivity index (χ3n) is 4.70. The number of aromatic nitrogens is 2. The van der Waals surface area contributed by atoms with E-state index in [-0.39, 0.29) is 17.3 Å². The Morgan fingerprint density at radius 3 is 2.54 bits per heavy atom. The summed E-state index contributed by atoms with van der Waals surface area (Å²) in [5, 5.41) is 7.09. The first-order chi connectivity index (χ1) is 12.4. The first-order valence-electron chi connectivity index (χ1n) is 8.74. The largest absolute Gasteiger partial charge is 0.310 e. The maximum Gasteiger partial charge on any atom is 0.243 e. The minimum atomic E-state index is -3.71. The lowest BCUT2D eigenvalue weighted by atomic mass is 10.2. The Kier molecular flexibility index (Phi) is 5.43. The van der Waals surface area contributed by atoms with Crippen LogP contribution >= 0.6 is 0 Å². The molecule has 3 rings (SSSR count). The van der Waals surface area contributed by atoms with E-state index >= 15 is 0 Å². The van der Waals surface area contributed by atoms with Gasteiger partial charge in [0.25, 0.3) is 0 Å². The highest BCUT2D eigenvalue weighted by atomic mass is 32.2. The lowest BCUT2D eigenvalue weighted by Crippen LogP contribution is -2.35. The molecule has 7 nitrogen and oxygen atoms in total. The molecule has 1 aromatic heterocycles. The van der Waals surface area contributed by atoms with E-state index in [2.05, 4.69) is 10.4 Å². The standard InChI is InChI=1S/C18H24N4O3S/c1-14-7-9-16(10-8-14)26(24,25)21(2)13-18(23)20-17-11-12-19-22(17)15-5-3-4-6-15/h7-12,15H,3-6,13H2,1-2H3,(H,20,23). The van der Waals surface area contributed by atoms with Crippen molar-refractivity contribution in [3.05, 3.63) is 42.1 Å². The Morgan fingerprint density at radius 1 is 1.23 bits per heavy atom. The first-order valence-corrected chi connectivity index (χ1v) is 10.2. The smallest absolute Gasteiger partial charge is 0.243 e. The Morgan fingerprint density at radius 2 is 1.88 bits per heavy atom. The van der Waals surface area contributed by atoms with Gasteiger partial charge in [-0.2, -0.15) is 9.40 Å². The highest BCUT2D eigenvalue weighted by Crippen LogP contribution is 2.31. The number of sulfonamides is 1. The number of hydrogen-bond donors (Lipinski definition) is 1. The lowest BCUT2D eigenvalue weighted by Gasteiger charge is -2.18. The molecule has 0 spiro atoms. The first kappa shape index (κ1) is 18.6. The van der Waals surface area contributed by atoms with Gasteiger partial charge in [-0.15, -0.1) is 0 Å². The molecular weight excluding hydrogens is 352 g/mol. The number of benzene rings is 1. The topological polar surface area (TPSA) is 84.3 Å². The van der Waals surface area contributed by atoms with E-state index in [0.29, 0.717) is 11.9 Å². The van der Waals surface area contributed by atoms with Gasteiger partial charge in [0, 0.05) is 13.1 Å². The number of aryl methyl sites for hydroxylation is 1. The van der Waals surface area contributed by atoms with Crippen molar-refractivity contribution in [3.8, 4) is 0 Å². The van der Waals surface area contributed by atoms with Crippen LogP contribution in [0.15, 0.2) is 41.4 Å². The Balaban J connectivity index is 1.66. The van der Waals surface area contributed by atoms with Gasteiger partial charge >= 0.3 is 0 Å². The van der Waals surface area contributed by atoms with Gasteiger partial charge in [-0.25, -0.2) is 13.1 Å². The number of hydrogen-bond acceptors (Lipinski definition) is 4. The Hall–Kier alpha value is -2.19. The normalized spacial score (nSPS) is 15.5. The minimum Gasteiger partial charge on any atom is -0.310 e. The van der Waals surface area contributed by atoms with Gasteiger partial charge in [0.15, 0.2) is 0 Å². The molecule has 0 aliphatic heterocycles. The van der Waals surface area contributed by atoms with Gasteiger partial charge in [-0.1, -0.05) is 30.5 Å². The van der Waals surface area contributed by atoms with Crippen LogP contribution in [-0.4, -0.2) is 42.0 Å². The van der Waals surface area contributed by atoms with Crippen LogP contribution in [-0.2, 0) is 14.8 Å². The van der Waals surface area contributed by atoms with Crippen LogP contribution in [0, 0.1) is 6.92 Å². The zero-order valence-corrected chi connectivity index (χ0v) is 15.9. The fourth-order valence-corrected chi connectivity index (χ4v) is 4.34. The number of nitrogens with zero attached hydrogens (tertiary/aromatic N) is 3. The number of carbonyl (C=O) groups excluding carboxylic acids is 1. The van der Waals surface area contributed by atoms with Crippen molar-refractivity contribution in [2.24, 2.45) is 0 Å². The van der Waals surface area contributed by atoms with Crippen molar-refractivity contribution in [3.63, 3.8) is 0 Å². The van der Waals surface area contributed by atoms with Crippen LogP contribution in [0.5, 0.6) is 0 Å². The second kappa shape index (κ2) is 7.59. The average molecular weight is 376 g/mol. The number of likely N-dealkylation sites (N-methyl/N-ethyl adjacent to an activating group) is 1. The molecule has 1 aliphatic rings. The third kappa shape index (κ3) is 3.96. The predicted molar refractivity (Wildman–Crippen MR) is 99.4 cm³/mol. The minimum absolute atomic E-state index is 0.175. The van der Waals surface area contributed by atoms with Crippen LogP contribution < -0.4 is 5.32 Å². The number of anilines is 1. The van der Waals surface area contributed by atoms with E-state index < -0.39 is 10.0 Å². The number of rotatable bonds is 6. The lowest BCUT2D eigenvalue weighted by molar-refractivity contribution is -0.116. The predicted octanol–water partition coefficient (Wildman–Crippen LogP) is 2.57. The number of amides is 1. The molecule has 1 saturated carbocycles. The van der Waals surface area contributed by atoms with Crippen molar-refractivity contribution in [1.29, 1.82) is 0 Å². The molecule has 0 atom stereocenters. The molecule has 1 amide bonds. The molecule has 1 heterocycles. The summed E-state index contributed by atoms with van der Waals surface area (Å²) in [5.41, 5.74) is 0.976.